The van der Waals surface area contributed by atoms with Crippen LogP contribution in [0.15, 0.2) is 46.9 Å². The third kappa shape index (κ3) is 5.56. The standard InChI is InChI=1S/C17H17BrFNO3/c1-17(2,3)23-16(21)20-12-6-9-15(14(18)10-12)22-13-7-4-11(19)5-8-13/h4-10H,1-3H3,(H,20,21). The van der Waals surface area contributed by atoms with Gasteiger partial charge in [0, 0.05) is 5.69 Å². The van der Waals surface area contributed by atoms with Gasteiger partial charge in [0.1, 0.15) is 22.9 Å². The Balaban J connectivity index is 2.05. The number of anilines is 1. The summed E-state index contributed by atoms with van der Waals surface area (Å²) in [6.07, 6.45) is -0.531. The normalized spacial score (nSPS) is 11.0. The lowest BCUT2D eigenvalue weighted by Crippen LogP contribution is -2.27. The van der Waals surface area contributed by atoms with Gasteiger partial charge in [0.2, 0.25) is 0 Å². The van der Waals surface area contributed by atoms with Gasteiger partial charge in [-0.25, -0.2) is 9.18 Å². The summed E-state index contributed by atoms with van der Waals surface area (Å²) in [6.45, 7) is 5.38. The van der Waals surface area contributed by atoms with Crippen molar-refractivity contribution in [3.05, 3.63) is 52.8 Å². The zero-order chi connectivity index (χ0) is 17.0. The Bertz CT molecular complexity index is 696. The Morgan fingerprint density at radius 3 is 2.35 bits per heavy atom. The number of hydrogen-bond donors (Lipinski definition) is 1. The third-order valence-corrected chi connectivity index (χ3v) is 3.24. The fraction of sp³-hybridized carbons (Fsp3) is 0.235. The molecule has 0 atom stereocenters. The molecule has 0 saturated carbocycles. The zero-order valence-corrected chi connectivity index (χ0v) is 14.6. The Kier molecular flexibility index (Phi) is 5.26. The monoisotopic (exact) mass is 381 g/mol. The second-order valence-electron chi connectivity index (χ2n) is 5.83. The number of ether oxygens (including phenoxy) is 2. The molecule has 0 spiro atoms. The van der Waals surface area contributed by atoms with Gasteiger partial charge >= 0.3 is 6.09 Å². The molecule has 0 heterocycles. The summed E-state index contributed by atoms with van der Waals surface area (Å²) < 4.78 is 24.4. The fourth-order valence-electron chi connectivity index (χ4n) is 1.71. The van der Waals surface area contributed by atoms with E-state index in [0.717, 1.165) is 0 Å². The van der Waals surface area contributed by atoms with Gasteiger partial charge in [-0.3, -0.25) is 5.32 Å². The van der Waals surface area contributed by atoms with Crippen LogP contribution < -0.4 is 10.1 Å². The van der Waals surface area contributed by atoms with Crippen LogP contribution in [0.2, 0.25) is 0 Å². The molecule has 0 aliphatic rings. The molecular weight excluding hydrogens is 365 g/mol. The van der Waals surface area contributed by atoms with E-state index in [4.69, 9.17) is 9.47 Å². The lowest BCUT2D eigenvalue weighted by atomic mass is 10.2. The fourth-order valence-corrected chi connectivity index (χ4v) is 2.17. The molecule has 2 rings (SSSR count). The number of carbonyl (C=O) groups excluding carboxylic acids is 1. The molecule has 0 fully saturated rings. The van der Waals surface area contributed by atoms with Crippen molar-refractivity contribution in [3.8, 4) is 11.5 Å². The molecule has 23 heavy (non-hydrogen) atoms. The van der Waals surface area contributed by atoms with Crippen LogP contribution in [0.3, 0.4) is 0 Å². The summed E-state index contributed by atoms with van der Waals surface area (Å²) >= 11 is 3.38. The smallest absolute Gasteiger partial charge is 0.412 e. The average Bonchev–Trinajstić information content (AvgIpc) is 2.42. The summed E-state index contributed by atoms with van der Waals surface area (Å²) in [5, 5.41) is 2.64. The maximum absolute atomic E-state index is 12.9. The van der Waals surface area contributed by atoms with Crippen LogP contribution in [0.4, 0.5) is 14.9 Å². The third-order valence-electron chi connectivity index (χ3n) is 2.62. The highest BCUT2D eigenvalue weighted by Crippen LogP contribution is 2.32. The van der Waals surface area contributed by atoms with E-state index in [2.05, 4.69) is 21.2 Å². The number of hydrogen-bond acceptors (Lipinski definition) is 3. The molecule has 0 bridgehead atoms. The highest BCUT2D eigenvalue weighted by Gasteiger charge is 2.16. The molecule has 4 nitrogen and oxygen atoms in total. The second-order valence-corrected chi connectivity index (χ2v) is 6.68. The van der Waals surface area contributed by atoms with Crippen molar-refractivity contribution in [1.29, 1.82) is 0 Å². The molecule has 1 N–H and O–H groups in total. The van der Waals surface area contributed by atoms with E-state index in [1.54, 1.807) is 39.0 Å². The highest BCUT2D eigenvalue weighted by molar-refractivity contribution is 9.10. The van der Waals surface area contributed by atoms with Crippen LogP contribution in [0.5, 0.6) is 11.5 Å². The van der Waals surface area contributed by atoms with Crippen molar-refractivity contribution in [3.63, 3.8) is 0 Å². The molecule has 0 saturated heterocycles. The number of halogens is 2. The summed E-state index contributed by atoms with van der Waals surface area (Å²) in [6, 6.07) is 10.8. The van der Waals surface area contributed by atoms with Gasteiger partial charge in [-0.15, -0.1) is 0 Å². The molecule has 0 aromatic heterocycles. The number of amides is 1. The molecule has 122 valence electrons. The van der Waals surface area contributed by atoms with Crippen molar-refractivity contribution in [1.82, 2.24) is 0 Å². The first kappa shape index (κ1) is 17.3. The minimum absolute atomic E-state index is 0.326. The van der Waals surface area contributed by atoms with E-state index in [1.807, 2.05) is 0 Å². The molecule has 2 aromatic rings. The molecular formula is C17H17BrFNO3. The predicted molar refractivity (Wildman–Crippen MR) is 90.5 cm³/mol. The molecule has 1 amide bonds. The van der Waals surface area contributed by atoms with E-state index < -0.39 is 11.7 Å². The molecule has 0 radical (unpaired) electrons. The first-order valence-electron chi connectivity index (χ1n) is 6.96. The molecule has 6 heteroatoms. The highest BCUT2D eigenvalue weighted by atomic mass is 79.9. The van der Waals surface area contributed by atoms with E-state index in [-0.39, 0.29) is 5.82 Å². The van der Waals surface area contributed by atoms with Crippen molar-refractivity contribution >= 4 is 27.7 Å². The minimum atomic E-state index is -0.563. The maximum atomic E-state index is 12.9. The first-order chi connectivity index (χ1) is 10.7. The van der Waals surface area contributed by atoms with E-state index in [1.165, 1.54) is 24.3 Å². The van der Waals surface area contributed by atoms with Gasteiger partial charge in [0.15, 0.2) is 0 Å². The van der Waals surface area contributed by atoms with Crippen molar-refractivity contribution in [2.75, 3.05) is 5.32 Å². The number of nitrogens with one attached hydrogen (secondary N) is 1. The average molecular weight is 382 g/mol. The number of rotatable bonds is 3. The Hall–Kier alpha value is -2.08. The molecule has 0 unspecified atom stereocenters. The first-order valence-corrected chi connectivity index (χ1v) is 7.75. The molecule has 0 aliphatic carbocycles. The van der Waals surface area contributed by atoms with Crippen molar-refractivity contribution in [2.45, 2.75) is 26.4 Å². The van der Waals surface area contributed by atoms with Crippen LogP contribution >= 0.6 is 15.9 Å². The zero-order valence-electron chi connectivity index (χ0n) is 13.0. The Morgan fingerprint density at radius 2 is 1.78 bits per heavy atom. The van der Waals surface area contributed by atoms with Crippen molar-refractivity contribution in [2.24, 2.45) is 0 Å². The lowest BCUT2D eigenvalue weighted by Gasteiger charge is -2.19. The summed E-state index contributed by atoms with van der Waals surface area (Å²) in [5.41, 5.74) is 0.00466. The van der Waals surface area contributed by atoms with Crippen LogP contribution in [0.1, 0.15) is 20.8 Å². The van der Waals surface area contributed by atoms with Crippen LogP contribution in [0.25, 0.3) is 0 Å². The largest absolute Gasteiger partial charge is 0.456 e. The van der Waals surface area contributed by atoms with Gasteiger partial charge in [-0.1, -0.05) is 0 Å². The summed E-state index contributed by atoms with van der Waals surface area (Å²) in [4.78, 5) is 11.7. The van der Waals surface area contributed by atoms with Gasteiger partial charge in [0.05, 0.1) is 4.47 Å². The summed E-state index contributed by atoms with van der Waals surface area (Å²) in [7, 11) is 0. The van der Waals surface area contributed by atoms with Gasteiger partial charge in [0.25, 0.3) is 0 Å². The van der Waals surface area contributed by atoms with E-state index >= 15 is 0 Å². The van der Waals surface area contributed by atoms with E-state index in [9.17, 15) is 9.18 Å². The van der Waals surface area contributed by atoms with Crippen molar-refractivity contribution < 1.29 is 18.7 Å². The Morgan fingerprint density at radius 1 is 1.13 bits per heavy atom. The van der Waals surface area contributed by atoms with Gasteiger partial charge in [-0.2, -0.15) is 0 Å². The van der Waals surface area contributed by atoms with Crippen LogP contribution in [0, 0.1) is 5.82 Å². The second kappa shape index (κ2) is 7.00. The molecule has 2 aromatic carbocycles. The van der Waals surface area contributed by atoms with Gasteiger partial charge < -0.3 is 9.47 Å². The SMILES string of the molecule is CC(C)(C)OC(=O)Nc1ccc(Oc2ccc(F)cc2)c(Br)c1. The number of carbonyl (C=O) groups is 1. The minimum Gasteiger partial charge on any atom is -0.456 e. The topological polar surface area (TPSA) is 47.6 Å². The summed E-state index contributed by atoms with van der Waals surface area (Å²) in [5.74, 6) is 0.736. The van der Waals surface area contributed by atoms with E-state index in [0.29, 0.717) is 21.7 Å². The maximum Gasteiger partial charge on any atom is 0.412 e. The predicted octanol–water partition coefficient (Wildman–Crippen LogP) is 5.73. The van der Waals surface area contributed by atoms with Crippen LogP contribution in [-0.2, 0) is 4.74 Å². The number of benzene rings is 2. The lowest BCUT2D eigenvalue weighted by molar-refractivity contribution is 0.0636. The van der Waals surface area contributed by atoms with Crippen LogP contribution in [-0.4, -0.2) is 11.7 Å². The Labute approximate surface area is 142 Å². The molecule has 0 aliphatic heterocycles. The van der Waals surface area contributed by atoms with Gasteiger partial charge in [-0.05, 0) is 79.2 Å². The quantitative estimate of drug-likeness (QED) is 0.738.